The molecule has 0 spiro atoms. The van der Waals surface area contributed by atoms with Crippen LogP contribution in [0.1, 0.15) is 30.4 Å². The molecule has 1 aliphatic heterocycles. The van der Waals surface area contributed by atoms with Crippen LogP contribution in [-0.4, -0.2) is 48.1 Å². The molecule has 180 valence electrons. The minimum Gasteiger partial charge on any atom is -0.396 e. The van der Waals surface area contributed by atoms with Crippen molar-refractivity contribution >= 4 is 21.5 Å². The molecule has 1 aromatic heterocycles. The lowest BCUT2D eigenvalue weighted by molar-refractivity contribution is 0.142. The molecule has 0 amide bonds. The summed E-state index contributed by atoms with van der Waals surface area (Å²) in [6, 6.07) is 17.3. The number of nitrogens with zero attached hydrogens (tertiary/aromatic N) is 3. The Kier molecular flexibility index (Phi) is 7.89. The first-order chi connectivity index (χ1) is 16.4. The van der Waals surface area contributed by atoms with E-state index in [0.29, 0.717) is 17.3 Å². The van der Waals surface area contributed by atoms with E-state index in [0.717, 1.165) is 43.0 Å². The van der Waals surface area contributed by atoms with Crippen LogP contribution in [0.3, 0.4) is 0 Å². The molecule has 2 heterocycles. The third kappa shape index (κ3) is 7.07. The largest absolute Gasteiger partial charge is 0.396 e. The molecule has 0 aliphatic carbocycles. The maximum Gasteiger partial charge on any atom is 0.213 e. The molecule has 0 radical (unpaired) electrons. The molecule has 2 aromatic carbocycles. The summed E-state index contributed by atoms with van der Waals surface area (Å²) in [4.78, 5) is 11.2. The third-order valence-corrected chi connectivity index (χ3v) is 6.74. The van der Waals surface area contributed by atoms with Crippen LogP contribution in [-0.2, 0) is 22.3 Å². The van der Waals surface area contributed by atoms with Gasteiger partial charge in [-0.15, -0.1) is 0 Å². The number of hydrogen-bond donors (Lipinski definition) is 3. The average molecular weight is 482 g/mol. The Hall–Kier alpha value is -2.85. The van der Waals surface area contributed by atoms with E-state index in [4.69, 9.17) is 5.14 Å². The van der Waals surface area contributed by atoms with Crippen molar-refractivity contribution in [3.05, 3.63) is 72.1 Å². The monoisotopic (exact) mass is 481 g/mol. The van der Waals surface area contributed by atoms with Gasteiger partial charge >= 0.3 is 0 Å². The second-order valence-corrected chi connectivity index (χ2v) is 10.5. The maximum absolute atomic E-state index is 11.4. The van der Waals surface area contributed by atoms with Gasteiger partial charge in [0.2, 0.25) is 10.0 Å². The standard InChI is InChI=1S/C25H31N5O3S/c26-34(32,33)17-21-5-2-8-23(13-21)29-25-14-24(27-18-28-25)22-7-1-4-20(12-22)16-30-10-3-6-19(15-30)9-11-31/h1-2,4-5,7-8,12-14,18-19,31H,3,6,9-11,15-17H2,(H2,26,32,33)(H,27,28,29). The molecule has 0 saturated carbocycles. The van der Waals surface area contributed by atoms with Gasteiger partial charge in [0, 0.05) is 37.0 Å². The number of rotatable bonds is 9. The van der Waals surface area contributed by atoms with E-state index >= 15 is 0 Å². The number of likely N-dealkylation sites (tertiary alicyclic amines) is 1. The normalized spacial score (nSPS) is 16.9. The Labute approximate surface area is 200 Å². The van der Waals surface area contributed by atoms with Crippen LogP contribution in [0.15, 0.2) is 60.9 Å². The first-order valence-electron chi connectivity index (χ1n) is 11.5. The molecule has 1 aliphatic rings. The van der Waals surface area contributed by atoms with Gasteiger partial charge in [0.05, 0.1) is 11.4 Å². The second kappa shape index (κ2) is 11.1. The van der Waals surface area contributed by atoms with Gasteiger partial charge in [-0.05, 0) is 61.1 Å². The smallest absolute Gasteiger partial charge is 0.213 e. The van der Waals surface area contributed by atoms with E-state index in [9.17, 15) is 13.5 Å². The molecule has 9 heteroatoms. The highest BCUT2D eigenvalue weighted by Gasteiger charge is 2.19. The summed E-state index contributed by atoms with van der Waals surface area (Å²) in [7, 11) is -3.60. The van der Waals surface area contributed by atoms with Gasteiger partial charge in [-0.25, -0.2) is 23.5 Å². The SMILES string of the molecule is NS(=O)(=O)Cc1cccc(Nc2cc(-c3cccc(CN4CCCC(CCO)C4)c3)ncn2)c1. The molecule has 1 unspecified atom stereocenters. The van der Waals surface area contributed by atoms with Crippen molar-refractivity contribution in [2.75, 3.05) is 25.0 Å². The summed E-state index contributed by atoms with van der Waals surface area (Å²) >= 11 is 0. The van der Waals surface area contributed by atoms with Crippen LogP contribution >= 0.6 is 0 Å². The van der Waals surface area contributed by atoms with Crippen LogP contribution in [0.4, 0.5) is 11.5 Å². The molecule has 34 heavy (non-hydrogen) atoms. The van der Waals surface area contributed by atoms with Crippen LogP contribution in [0.2, 0.25) is 0 Å². The summed E-state index contributed by atoms with van der Waals surface area (Å²) in [5.41, 5.74) is 4.37. The summed E-state index contributed by atoms with van der Waals surface area (Å²) in [5.74, 6) is 0.967. The van der Waals surface area contributed by atoms with Crippen molar-refractivity contribution in [1.82, 2.24) is 14.9 Å². The van der Waals surface area contributed by atoms with Crippen LogP contribution in [0, 0.1) is 5.92 Å². The molecule has 4 N–H and O–H groups in total. The molecule has 3 aromatic rings. The fraction of sp³-hybridized carbons (Fsp3) is 0.360. The topological polar surface area (TPSA) is 121 Å². The Morgan fingerprint density at radius 1 is 1.09 bits per heavy atom. The van der Waals surface area contributed by atoms with Crippen molar-refractivity contribution in [2.45, 2.75) is 31.6 Å². The van der Waals surface area contributed by atoms with Gasteiger partial charge in [-0.3, -0.25) is 4.90 Å². The number of sulfonamides is 1. The fourth-order valence-corrected chi connectivity index (χ4v) is 5.15. The predicted octanol–water partition coefficient (Wildman–Crippen LogP) is 3.27. The maximum atomic E-state index is 11.4. The second-order valence-electron chi connectivity index (χ2n) is 8.88. The third-order valence-electron chi connectivity index (χ3n) is 6.00. The number of piperidine rings is 1. The van der Waals surface area contributed by atoms with Gasteiger partial charge in [0.25, 0.3) is 0 Å². The zero-order valence-electron chi connectivity index (χ0n) is 19.1. The average Bonchev–Trinajstić information content (AvgIpc) is 2.79. The first-order valence-corrected chi connectivity index (χ1v) is 13.2. The van der Waals surface area contributed by atoms with E-state index in [1.165, 1.54) is 24.7 Å². The highest BCUT2D eigenvalue weighted by atomic mass is 32.2. The molecule has 1 fully saturated rings. The highest BCUT2D eigenvalue weighted by molar-refractivity contribution is 7.88. The number of primary sulfonamides is 1. The van der Waals surface area contributed by atoms with E-state index in [1.807, 2.05) is 24.3 Å². The Bertz CT molecular complexity index is 1220. The van der Waals surface area contributed by atoms with Crippen LogP contribution in [0.5, 0.6) is 0 Å². The lowest BCUT2D eigenvalue weighted by atomic mass is 9.94. The number of hydrogen-bond acceptors (Lipinski definition) is 7. The zero-order chi connectivity index (χ0) is 24.0. The van der Waals surface area contributed by atoms with Crippen LogP contribution < -0.4 is 10.5 Å². The van der Waals surface area contributed by atoms with Gasteiger partial charge in [0.1, 0.15) is 12.1 Å². The Balaban J connectivity index is 1.46. The Morgan fingerprint density at radius 2 is 1.91 bits per heavy atom. The molecular weight excluding hydrogens is 450 g/mol. The Morgan fingerprint density at radius 3 is 2.74 bits per heavy atom. The van der Waals surface area contributed by atoms with Gasteiger partial charge in [0.15, 0.2) is 0 Å². The summed E-state index contributed by atoms with van der Waals surface area (Å²) in [6.45, 7) is 3.24. The number of anilines is 2. The van der Waals surface area contributed by atoms with Gasteiger partial charge in [-0.1, -0.05) is 30.3 Å². The zero-order valence-corrected chi connectivity index (χ0v) is 19.9. The number of benzene rings is 2. The van der Waals surface area contributed by atoms with E-state index in [2.05, 4.69) is 32.3 Å². The number of nitrogens with one attached hydrogen (secondary N) is 1. The van der Waals surface area contributed by atoms with Crippen molar-refractivity contribution in [2.24, 2.45) is 11.1 Å². The molecule has 8 nitrogen and oxygen atoms in total. The number of aromatic nitrogens is 2. The van der Waals surface area contributed by atoms with Crippen molar-refractivity contribution in [1.29, 1.82) is 0 Å². The summed E-state index contributed by atoms with van der Waals surface area (Å²) < 4.78 is 22.8. The molecule has 1 saturated heterocycles. The van der Waals surface area contributed by atoms with Gasteiger partial charge < -0.3 is 10.4 Å². The van der Waals surface area contributed by atoms with Crippen LogP contribution in [0.25, 0.3) is 11.3 Å². The molecular formula is C25H31N5O3S. The lowest BCUT2D eigenvalue weighted by Gasteiger charge is -2.32. The molecule has 4 rings (SSSR count). The van der Waals surface area contributed by atoms with E-state index in [-0.39, 0.29) is 12.4 Å². The molecule has 0 bridgehead atoms. The van der Waals surface area contributed by atoms with Crippen molar-refractivity contribution in [3.8, 4) is 11.3 Å². The minimum atomic E-state index is -3.60. The quantitative estimate of drug-likeness (QED) is 0.429. The highest BCUT2D eigenvalue weighted by Crippen LogP contribution is 2.25. The number of nitrogens with two attached hydrogens (primary N) is 1. The van der Waals surface area contributed by atoms with Crippen molar-refractivity contribution < 1.29 is 13.5 Å². The molecule has 1 atom stereocenters. The number of aliphatic hydroxyl groups is 1. The number of aliphatic hydroxyl groups excluding tert-OH is 1. The lowest BCUT2D eigenvalue weighted by Crippen LogP contribution is -2.35. The first kappa shape index (κ1) is 24.3. The minimum absolute atomic E-state index is 0.220. The summed E-state index contributed by atoms with van der Waals surface area (Å²) in [6.07, 6.45) is 4.75. The van der Waals surface area contributed by atoms with E-state index < -0.39 is 10.0 Å². The van der Waals surface area contributed by atoms with Gasteiger partial charge in [-0.2, -0.15) is 0 Å². The predicted molar refractivity (Wildman–Crippen MR) is 134 cm³/mol. The summed E-state index contributed by atoms with van der Waals surface area (Å²) in [5, 5.41) is 17.7. The van der Waals surface area contributed by atoms with Crippen molar-refractivity contribution in [3.63, 3.8) is 0 Å². The van der Waals surface area contributed by atoms with E-state index in [1.54, 1.807) is 18.2 Å². The fourth-order valence-electron chi connectivity index (χ4n) is 4.50.